The number of carbonyl (C=O) groups excluding carboxylic acids is 1. The summed E-state index contributed by atoms with van der Waals surface area (Å²) in [6, 6.07) is 17.7. The number of aliphatic hydroxyl groups excluding tert-OH is 1. The van der Waals surface area contributed by atoms with Crippen molar-refractivity contribution in [3.8, 4) is 5.75 Å². The monoisotopic (exact) mass is 487 g/mol. The Kier molecular flexibility index (Phi) is 7.09. The van der Waals surface area contributed by atoms with Crippen molar-refractivity contribution in [3.05, 3.63) is 95.9 Å². The lowest BCUT2D eigenvalue weighted by Gasteiger charge is -2.14. The molecule has 0 saturated carbocycles. The normalized spacial score (nSPS) is 12.5. The highest BCUT2D eigenvalue weighted by molar-refractivity contribution is 7.98. The molecule has 1 atom stereocenters. The summed E-state index contributed by atoms with van der Waals surface area (Å²) in [5.74, 6) is -0.0636. The van der Waals surface area contributed by atoms with Gasteiger partial charge >= 0.3 is 6.36 Å². The van der Waals surface area contributed by atoms with Crippen molar-refractivity contribution in [1.29, 1.82) is 0 Å². The highest BCUT2D eigenvalue weighted by Crippen LogP contribution is 2.25. The second-order valence-corrected chi connectivity index (χ2v) is 8.40. The number of alkyl halides is 3. The van der Waals surface area contributed by atoms with Crippen molar-refractivity contribution in [3.63, 3.8) is 0 Å². The first-order valence-corrected chi connectivity index (χ1v) is 11.2. The first-order valence-electron chi connectivity index (χ1n) is 10.2. The summed E-state index contributed by atoms with van der Waals surface area (Å²) in [4.78, 5) is 17.9. The Bertz CT molecular complexity index is 1230. The largest absolute Gasteiger partial charge is 0.573 e. The Morgan fingerprint density at radius 1 is 1.09 bits per heavy atom. The zero-order valence-electron chi connectivity index (χ0n) is 17.7. The van der Waals surface area contributed by atoms with Crippen molar-refractivity contribution in [2.45, 2.75) is 23.1 Å². The number of thioether (sulfide) groups is 1. The van der Waals surface area contributed by atoms with E-state index in [1.54, 1.807) is 23.9 Å². The van der Waals surface area contributed by atoms with Gasteiger partial charge in [-0.05, 0) is 54.1 Å². The molecule has 1 amide bonds. The summed E-state index contributed by atoms with van der Waals surface area (Å²) in [5.41, 5.74) is 2.62. The zero-order valence-corrected chi connectivity index (χ0v) is 18.5. The van der Waals surface area contributed by atoms with Crippen LogP contribution in [0.1, 0.15) is 27.7 Å². The zero-order chi connectivity index (χ0) is 24.1. The van der Waals surface area contributed by atoms with E-state index in [0.717, 1.165) is 28.4 Å². The fourth-order valence-corrected chi connectivity index (χ4v) is 4.00. The van der Waals surface area contributed by atoms with Gasteiger partial charge in [-0.3, -0.25) is 4.79 Å². The lowest BCUT2D eigenvalue weighted by atomic mass is 10.1. The summed E-state index contributed by atoms with van der Waals surface area (Å²) in [5, 5.41) is 12.8. The van der Waals surface area contributed by atoms with E-state index in [1.807, 2.05) is 47.1 Å². The molecular weight excluding hydrogens is 467 g/mol. The number of hydrogen-bond donors (Lipinski definition) is 2. The highest BCUT2D eigenvalue weighted by atomic mass is 32.2. The van der Waals surface area contributed by atoms with Crippen LogP contribution in [0, 0.1) is 0 Å². The summed E-state index contributed by atoms with van der Waals surface area (Å²) >= 11 is 1.60. The van der Waals surface area contributed by atoms with Gasteiger partial charge in [0.15, 0.2) is 0 Å². The van der Waals surface area contributed by atoms with Crippen molar-refractivity contribution in [2.75, 3.05) is 6.54 Å². The molecule has 6 nitrogen and oxygen atoms in total. The maximum atomic E-state index is 12.4. The molecule has 10 heteroatoms. The van der Waals surface area contributed by atoms with Crippen LogP contribution in [-0.4, -0.2) is 33.3 Å². The molecule has 0 aliphatic rings. The van der Waals surface area contributed by atoms with E-state index in [0.29, 0.717) is 16.9 Å². The number of pyridine rings is 1. The molecule has 4 rings (SSSR count). The van der Waals surface area contributed by atoms with Gasteiger partial charge in [0.05, 0.1) is 11.8 Å². The molecule has 0 aliphatic carbocycles. The van der Waals surface area contributed by atoms with E-state index in [2.05, 4.69) is 15.0 Å². The summed E-state index contributed by atoms with van der Waals surface area (Å²) in [6.45, 7) is -0.0945. The number of benzene rings is 2. The maximum absolute atomic E-state index is 12.4. The summed E-state index contributed by atoms with van der Waals surface area (Å²) in [7, 11) is 0. The molecular formula is C24H20F3N3O3S. The Labute approximate surface area is 197 Å². The Morgan fingerprint density at radius 2 is 1.82 bits per heavy atom. The molecule has 2 aromatic heterocycles. The summed E-state index contributed by atoms with van der Waals surface area (Å²) in [6.07, 6.45) is -1.94. The van der Waals surface area contributed by atoms with Crippen LogP contribution in [0.15, 0.2) is 84.0 Å². The molecule has 1 unspecified atom stereocenters. The Hall–Kier alpha value is -3.50. The molecule has 0 saturated heterocycles. The minimum absolute atomic E-state index is 0.0945. The van der Waals surface area contributed by atoms with Gasteiger partial charge in [-0.25, -0.2) is 4.98 Å². The van der Waals surface area contributed by atoms with Gasteiger partial charge in [-0.2, -0.15) is 0 Å². The number of ether oxygens (including phenoxy) is 1. The van der Waals surface area contributed by atoms with Crippen molar-refractivity contribution >= 4 is 23.3 Å². The van der Waals surface area contributed by atoms with Gasteiger partial charge in [-0.15, -0.1) is 24.9 Å². The maximum Gasteiger partial charge on any atom is 0.573 e. The van der Waals surface area contributed by atoms with E-state index >= 15 is 0 Å². The molecule has 2 N–H and O–H groups in total. The molecule has 4 aromatic rings. The predicted octanol–water partition coefficient (Wildman–Crippen LogP) is 4.99. The average molecular weight is 488 g/mol. The molecule has 0 fully saturated rings. The number of aromatic nitrogens is 2. The number of fused-ring (bicyclic) bond motifs is 1. The van der Waals surface area contributed by atoms with Crippen LogP contribution < -0.4 is 10.1 Å². The number of nitrogens with one attached hydrogen (secondary N) is 1. The van der Waals surface area contributed by atoms with Crippen molar-refractivity contribution < 1.29 is 27.8 Å². The molecule has 2 heterocycles. The number of rotatable bonds is 8. The third kappa shape index (κ3) is 6.30. The van der Waals surface area contributed by atoms with Crippen molar-refractivity contribution in [1.82, 2.24) is 14.7 Å². The van der Waals surface area contributed by atoms with Gasteiger partial charge in [0.25, 0.3) is 5.91 Å². The van der Waals surface area contributed by atoms with Gasteiger partial charge in [0, 0.05) is 35.2 Å². The quantitative estimate of drug-likeness (QED) is 0.343. The van der Waals surface area contributed by atoms with Crippen molar-refractivity contribution in [2.24, 2.45) is 0 Å². The van der Waals surface area contributed by atoms with Crippen LogP contribution in [0.4, 0.5) is 13.2 Å². The minimum atomic E-state index is -4.78. The van der Waals surface area contributed by atoms with Crippen LogP contribution in [0.25, 0.3) is 5.65 Å². The standard InChI is InChI=1S/C24H20F3N3O3S/c25-24(26,27)33-19-8-4-16(5-9-19)21(31)13-28-23(32)17-6-10-20(11-7-17)34-15-18-14-30-12-2-1-3-22(30)29-18/h1-12,14,21,31H,13,15H2,(H,28,32). The van der Waals surface area contributed by atoms with E-state index < -0.39 is 12.5 Å². The molecule has 2 aromatic carbocycles. The van der Waals surface area contributed by atoms with Crippen LogP contribution in [0.3, 0.4) is 0 Å². The van der Waals surface area contributed by atoms with E-state index in [-0.39, 0.29) is 18.2 Å². The highest BCUT2D eigenvalue weighted by Gasteiger charge is 2.31. The number of halogens is 3. The lowest BCUT2D eigenvalue weighted by Crippen LogP contribution is -2.28. The Balaban J connectivity index is 1.27. The molecule has 176 valence electrons. The number of imidazole rings is 1. The van der Waals surface area contributed by atoms with Gasteiger partial charge in [0.2, 0.25) is 0 Å². The van der Waals surface area contributed by atoms with Crippen LogP contribution in [0.5, 0.6) is 5.75 Å². The number of hydrogen-bond acceptors (Lipinski definition) is 5. The van der Waals surface area contributed by atoms with E-state index in [9.17, 15) is 23.1 Å². The van der Waals surface area contributed by atoms with E-state index in [4.69, 9.17) is 0 Å². The second kappa shape index (κ2) is 10.2. The average Bonchev–Trinajstić information content (AvgIpc) is 3.24. The lowest BCUT2D eigenvalue weighted by molar-refractivity contribution is -0.274. The third-order valence-corrected chi connectivity index (χ3v) is 5.92. The van der Waals surface area contributed by atoms with Crippen LogP contribution in [0.2, 0.25) is 0 Å². The molecule has 0 spiro atoms. The van der Waals surface area contributed by atoms with Crippen LogP contribution in [-0.2, 0) is 5.75 Å². The minimum Gasteiger partial charge on any atom is -0.406 e. The predicted molar refractivity (Wildman–Crippen MR) is 122 cm³/mol. The Morgan fingerprint density at radius 3 is 2.50 bits per heavy atom. The third-order valence-electron chi connectivity index (χ3n) is 4.87. The summed E-state index contributed by atoms with van der Waals surface area (Å²) < 4.78 is 42.5. The van der Waals surface area contributed by atoms with Gasteiger partial charge in [0.1, 0.15) is 11.4 Å². The number of amides is 1. The van der Waals surface area contributed by atoms with E-state index in [1.165, 1.54) is 12.1 Å². The number of nitrogens with zero attached hydrogens (tertiary/aromatic N) is 2. The fraction of sp³-hybridized carbons (Fsp3) is 0.167. The first kappa shape index (κ1) is 23.7. The number of carbonyl (C=O) groups is 1. The van der Waals surface area contributed by atoms with Gasteiger partial charge < -0.3 is 19.6 Å². The second-order valence-electron chi connectivity index (χ2n) is 7.35. The molecule has 0 aliphatic heterocycles. The number of aliphatic hydroxyl groups is 1. The molecule has 0 bridgehead atoms. The fourth-order valence-electron chi connectivity index (χ4n) is 3.22. The van der Waals surface area contributed by atoms with Crippen LogP contribution >= 0.6 is 11.8 Å². The SMILES string of the molecule is O=C(NCC(O)c1ccc(OC(F)(F)F)cc1)c1ccc(SCc2cn3ccccc3n2)cc1. The smallest absolute Gasteiger partial charge is 0.406 e. The first-order chi connectivity index (χ1) is 16.3. The van der Waals surface area contributed by atoms with Gasteiger partial charge in [-0.1, -0.05) is 18.2 Å². The molecule has 34 heavy (non-hydrogen) atoms. The molecule has 0 radical (unpaired) electrons. The topological polar surface area (TPSA) is 75.9 Å².